The maximum absolute atomic E-state index is 5.78. The fourth-order valence-corrected chi connectivity index (χ4v) is 2.92. The molecule has 0 amide bonds. The first-order valence-corrected chi connectivity index (χ1v) is 7.64. The number of halogens is 1. The maximum Gasteiger partial charge on any atom is 0.133 e. The lowest BCUT2D eigenvalue weighted by atomic mass is 10.0. The smallest absolute Gasteiger partial charge is 0.133 e. The van der Waals surface area contributed by atoms with E-state index in [1.807, 2.05) is 24.3 Å². The van der Waals surface area contributed by atoms with E-state index in [4.69, 9.17) is 4.74 Å². The Kier molecular flexibility index (Phi) is 5.51. The average molecular weight is 312 g/mol. The highest BCUT2D eigenvalue weighted by atomic mass is 79.9. The highest BCUT2D eigenvalue weighted by Crippen LogP contribution is 2.23. The van der Waals surface area contributed by atoms with E-state index in [1.54, 1.807) is 0 Å². The van der Waals surface area contributed by atoms with Crippen molar-refractivity contribution >= 4 is 15.9 Å². The molecule has 1 unspecified atom stereocenters. The van der Waals surface area contributed by atoms with Gasteiger partial charge in [-0.2, -0.15) is 0 Å². The molecule has 2 rings (SSSR count). The molecule has 2 nitrogen and oxygen atoms in total. The van der Waals surface area contributed by atoms with E-state index in [1.165, 1.54) is 25.9 Å². The minimum atomic E-state index is 0.799. The van der Waals surface area contributed by atoms with Gasteiger partial charge in [-0.25, -0.2) is 0 Å². The molecule has 0 radical (unpaired) electrons. The number of ether oxygens (including phenoxy) is 1. The zero-order valence-electron chi connectivity index (χ0n) is 11.1. The molecule has 1 aromatic carbocycles. The van der Waals surface area contributed by atoms with Crippen molar-refractivity contribution in [3.05, 3.63) is 28.7 Å². The first kappa shape index (κ1) is 13.9. The van der Waals surface area contributed by atoms with Gasteiger partial charge >= 0.3 is 0 Å². The molecule has 0 N–H and O–H groups in total. The number of para-hydroxylation sites is 1. The van der Waals surface area contributed by atoms with Crippen LogP contribution < -0.4 is 4.74 Å². The van der Waals surface area contributed by atoms with E-state index >= 15 is 0 Å². The summed E-state index contributed by atoms with van der Waals surface area (Å²) in [4.78, 5) is 2.57. The summed E-state index contributed by atoms with van der Waals surface area (Å²) in [5.74, 6) is 1.81. The van der Waals surface area contributed by atoms with Crippen molar-refractivity contribution < 1.29 is 4.74 Å². The summed E-state index contributed by atoms with van der Waals surface area (Å²) in [5.41, 5.74) is 0. The Morgan fingerprint density at radius 2 is 2.22 bits per heavy atom. The predicted molar refractivity (Wildman–Crippen MR) is 79.1 cm³/mol. The van der Waals surface area contributed by atoms with Crippen LogP contribution in [0.3, 0.4) is 0 Å². The lowest BCUT2D eigenvalue weighted by Crippen LogP contribution is -2.35. The second kappa shape index (κ2) is 7.15. The van der Waals surface area contributed by atoms with Crippen LogP contribution in [0.1, 0.15) is 26.2 Å². The lowest BCUT2D eigenvalue weighted by molar-refractivity contribution is 0.170. The molecular weight excluding hydrogens is 290 g/mol. The Hall–Kier alpha value is -0.540. The fraction of sp³-hybridized carbons (Fsp3) is 0.600. The molecule has 100 valence electrons. The van der Waals surface area contributed by atoms with Gasteiger partial charge in [0, 0.05) is 13.1 Å². The van der Waals surface area contributed by atoms with Crippen LogP contribution in [0.15, 0.2) is 28.7 Å². The summed E-state index contributed by atoms with van der Waals surface area (Å²) in [6, 6.07) is 8.03. The molecule has 1 fully saturated rings. The normalized spacial score (nSPS) is 20.9. The van der Waals surface area contributed by atoms with Crippen LogP contribution in [0, 0.1) is 5.92 Å². The molecule has 18 heavy (non-hydrogen) atoms. The second-order valence-electron chi connectivity index (χ2n) is 5.18. The van der Waals surface area contributed by atoms with E-state index in [2.05, 4.69) is 27.8 Å². The fourth-order valence-electron chi connectivity index (χ4n) is 2.52. The first-order chi connectivity index (χ1) is 8.75. The van der Waals surface area contributed by atoms with Crippen LogP contribution in [0.5, 0.6) is 5.75 Å². The summed E-state index contributed by atoms with van der Waals surface area (Å²) in [6.45, 7) is 6.83. The summed E-state index contributed by atoms with van der Waals surface area (Å²) in [7, 11) is 0. The molecule has 1 aromatic rings. The van der Waals surface area contributed by atoms with Crippen molar-refractivity contribution in [1.82, 2.24) is 4.90 Å². The van der Waals surface area contributed by atoms with Crippen molar-refractivity contribution in [1.29, 1.82) is 0 Å². The molecule has 1 aliphatic heterocycles. The number of nitrogens with zero attached hydrogens (tertiary/aromatic N) is 1. The van der Waals surface area contributed by atoms with Crippen molar-refractivity contribution in [2.75, 3.05) is 26.2 Å². The summed E-state index contributed by atoms with van der Waals surface area (Å²) in [6.07, 6.45) is 3.85. The van der Waals surface area contributed by atoms with E-state index in [9.17, 15) is 0 Å². The molecule has 0 saturated carbocycles. The molecule has 0 aromatic heterocycles. The van der Waals surface area contributed by atoms with Gasteiger partial charge in [0.2, 0.25) is 0 Å². The van der Waals surface area contributed by atoms with Gasteiger partial charge in [-0.05, 0) is 59.8 Å². The highest BCUT2D eigenvalue weighted by Gasteiger charge is 2.15. The zero-order chi connectivity index (χ0) is 12.8. The lowest BCUT2D eigenvalue weighted by Gasteiger charge is -2.30. The first-order valence-electron chi connectivity index (χ1n) is 6.85. The molecule has 1 heterocycles. The van der Waals surface area contributed by atoms with Gasteiger partial charge in [0.05, 0.1) is 11.1 Å². The maximum atomic E-state index is 5.78. The number of benzene rings is 1. The molecular formula is C15H22BrNO. The predicted octanol–water partition coefficient (Wildman–Crippen LogP) is 3.95. The average Bonchev–Trinajstić information content (AvgIpc) is 2.37. The van der Waals surface area contributed by atoms with Crippen LogP contribution in [0.25, 0.3) is 0 Å². The Morgan fingerprint density at radius 1 is 1.39 bits per heavy atom. The van der Waals surface area contributed by atoms with Crippen molar-refractivity contribution in [3.63, 3.8) is 0 Å². The van der Waals surface area contributed by atoms with E-state index in [0.717, 1.165) is 35.7 Å². The summed E-state index contributed by atoms with van der Waals surface area (Å²) in [5, 5.41) is 0. The minimum absolute atomic E-state index is 0.799. The van der Waals surface area contributed by atoms with Crippen molar-refractivity contribution in [2.24, 2.45) is 5.92 Å². The van der Waals surface area contributed by atoms with Crippen molar-refractivity contribution in [3.8, 4) is 5.75 Å². The van der Waals surface area contributed by atoms with Crippen LogP contribution in [0.2, 0.25) is 0 Å². The second-order valence-corrected chi connectivity index (χ2v) is 6.03. The van der Waals surface area contributed by atoms with Gasteiger partial charge in [0.15, 0.2) is 0 Å². The van der Waals surface area contributed by atoms with E-state index in [-0.39, 0.29) is 0 Å². The van der Waals surface area contributed by atoms with Crippen LogP contribution >= 0.6 is 15.9 Å². The molecule has 1 aliphatic rings. The Labute approximate surface area is 118 Å². The summed E-state index contributed by atoms with van der Waals surface area (Å²) >= 11 is 3.50. The van der Waals surface area contributed by atoms with Crippen LogP contribution in [0.4, 0.5) is 0 Å². The topological polar surface area (TPSA) is 12.5 Å². The molecule has 3 heteroatoms. The number of piperidine rings is 1. The van der Waals surface area contributed by atoms with Gasteiger partial charge in [-0.1, -0.05) is 19.1 Å². The van der Waals surface area contributed by atoms with Crippen LogP contribution in [-0.4, -0.2) is 31.1 Å². The van der Waals surface area contributed by atoms with Crippen molar-refractivity contribution in [2.45, 2.75) is 26.2 Å². The van der Waals surface area contributed by atoms with Gasteiger partial charge in [-0.15, -0.1) is 0 Å². The molecule has 1 atom stereocenters. The number of rotatable bonds is 5. The number of likely N-dealkylation sites (tertiary alicyclic amines) is 1. The Morgan fingerprint density at radius 3 is 3.00 bits per heavy atom. The van der Waals surface area contributed by atoms with E-state index in [0.29, 0.717) is 0 Å². The van der Waals surface area contributed by atoms with Gasteiger partial charge < -0.3 is 9.64 Å². The molecule has 0 aliphatic carbocycles. The molecule has 0 bridgehead atoms. The third kappa shape index (κ3) is 4.29. The van der Waals surface area contributed by atoms with Gasteiger partial charge in [0.1, 0.15) is 5.75 Å². The zero-order valence-corrected chi connectivity index (χ0v) is 12.7. The largest absolute Gasteiger partial charge is 0.492 e. The minimum Gasteiger partial charge on any atom is -0.492 e. The highest BCUT2D eigenvalue weighted by molar-refractivity contribution is 9.10. The molecule has 0 spiro atoms. The standard InChI is InChI=1S/C15H22BrNO/c1-13-6-4-9-17(12-13)10-5-11-18-15-8-3-2-7-14(15)16/h2-3,7-8,13H,4-6,9-12H2,1H3. The third-order valence-electron chi connectivity index (χ3n) is 3.45. The molecule has 1 saturated heterocycles. The SMILES string of the molecule is CC1CCCN(CCCOc2ccccc2Br)C1. The number of hydrogen-bond donors (Lipinski definition) is 0. The van der Waals surface area contributed by atoms with Gasteiger partial charge in [0.25, 0.3) is 0 Å². The Bertz CT molecular complexity index is 369. The van der Waals surface area contributed by atoms with Crippen LogP contribution in [-0.2, 0) is 0 Å². The monoisotopic (exact) mass is 311 g/mol. The Balaban J connectivity index is 1.65. The summed E-state index contributed by atoms with van der Waals surface area (Å²) < 4.78 is 6.82. The number of hydrogen-bond acceptors (Lipinski definition) is 2. The third-order valence-corrected chi connectivity index (χ3v) is 4.11. The van der Waals surface area contributed by atoms with E-state index < -0.39 is 0 Å². The quantitative estimate of drug-likeness (QED) is 0.763. The van der Waals surface area contributed by atoms with Gasteiger partial charge in [-0.3, -0.25) is 0 Å².